The molecule has 64 valence electrons. The molecule has 0 aromatic heterocycles. The first kappa shape index (κ1) is 8.64. The van der Waals surface area contributed by atoms with Crippen molar-refractivity contribution in [1.82, 2.24) is 0 Å². The lowest BCUT2D eigenvalue weighted by molar-refractivity contribution is -0.384. The van der Waals surface area contributed by atoms with Gasteiger partial charge in [0.25, 0.3) is 5.69 Å². The molecule has 0 saturated carbocycles. The van der Waals surface area contributed by atoms with Crippen LogP contribution in [-0.2, 0) is 0 Å². The van der Waals surface area contributed by atoms with Crippen LogP contribution in [0, 0.1) is 10.1 Å². The lowest BCUT2D eigenvalue weighted by Gasteiger charge is -1.99. The maximum Gasteiger partial charge on any atom is 0.269 e. The van der Waals surface area contributed by atoms with E-state index in [4.69, 9.17) is 0 Å². The molecular formula is C8H8FNO2. The highest BCUT2D eigenvalue weighted by molar-refractivity contribution is 5.33. The van der Waals surface area contributed by atoms with Gasteiger partial charge in [0, 0.05) is 12.1 Å². The summed E-state index contributed by atoms with van der Waals surface area (Å²) in [6.45, 7) is 1.39. The zero-order chi connectivity index (χ0) is 9.14. The summed E-state index contributed by atoms with van der Waals surface area (Å²) in [4.78, 5) is 9.69. The van der Waals surface area contributed by atoms with Crippen molar-refractivity contribution >= 4 is 5.69 Å². The monoisotopic (exact) mass is 169 g/mol. The van der Waals surface area contributed by atoms with Gasteiger partial charge >= 0.3 is 0 Å². The first-order valence-corrected chi connectivity index (χ1v) is 3.49. The Labute approximate surface area is 69.0 Å². The van der Waals surface area contributed by atoms with Crippen molar-refractivity contribution in [3.8, 4) is 0 Å². The zero-order valence-corrected chi connectivity index (χ0v) is 6.53. The van der Waals surface area contributed by atoms with E-state index in [1.807, 2.05) is 0 Å². The Morgan fingerprint density at radius 1 is 1.42 bits per heavy atom. The van der Waals surface area contributed by atoms with E-state index in [-0.39, 0.29) is 5.69 Å². The van der Waals surface area contributed by atoms with Crippen LogP contribution in [0.25, 0.3) is 0 Å². The summed E-state index contributed by atoms with van der Waals surface area (Å²) in [5.74, 6) is 0. The summed E-state index contributed by atoms with van der Waals surface area (Å²) in [5, 5.41) is 10.2. The molecule has 0 N–H and O–H groups in total. The van der Waals surface area contributed by atoms with E-state index < -0.39 is 11.1 Å². The summed E-state index contributed by atoms with van der Waals surface area (Å²) < 4.78 is 12.6. The molecular weight excluding hydrogens is 161 g/mol. The quantitative estimate of drug-likeness (QED) is 0.504. The number of non-ortho nitro benzene ring substituents is 1. The van der Waals surface area contributed by atoms with Gasteiger partial charge in [0.05, 0.1) is 4.92 Å². The molecule has 0 aliphatic carbocycles. The molecule has 1 aromatic rings. The van der Waals surface area contributed by atoms with Crippen LogP contribution in [0.3, 0.4) is 0 Å². The molecule has 1 aromatic carbocycles. The van der Waals surface area contributed by atoms with E-state index in [1.165, 1.54) is 31.2 Å². The van der Waals surface area contributed by atoms with E-state index in [0.717, 1.165) is 0 Å². The van der Waals surface area contributed by atoms with E-state index in [9.17, 15) is 14.5 Å². The predicted molar refractivity (Wildman–Crippen MR) is 42.6 cm³/mol. The first-order valence-electron chi connectivity index (χ1n) is 3.49. The zero-order valence-electron chi connectivity index (χ0n) is 6.53. The van der Waals surface area contributed by atoms with E-state index in [0.29, 0.717) is 5.56 Å². The third-order valence-corrected chi connectivity index (χ3v) is 1.56. The molecule has 3 nitrogen and oxygen atoms in total. The smallest absolute Gasteiger partial charge is 0.258 e. The van der Waals surface area contributed by atoms with Gasteiger partial charge < -0.3 is 0 Å². The largest absolute Gasteiger partial charge is 0.269 e. The van der Waals surface area contributed by atoms with Gasteiger partial charge in [-0.15, -0.1) is 0 Å². The van der Waals surface area contributed by atoms with Crippen molar-refractivity contribution in [2.24, 2.45) is 0 Å². The second-order valence-corrected chi connectivity index (χ2v) is 2.46. The average Bonchev–Trinajstić information content (AvgIpc) is 2.04. The van der Waals surface area contributed by atoms with Gasteiger partial charge in [-0.05, 0) is 24.6 Å². The Balaban J connectivity index is 2.93. The van der Waals surface area contributed by atoms with Crippen molar-refractivity contribution in [1.29, 1.82) is 0 Å². The molecule has 0 radical (unpaired) electrons. The van der Waals surface area contributed by atoms with Crippen molar-refractivity contribution in [3.05, 3.63) is 39.9 Å². The van der Waals surface area contributed by atoms with Crippen LogP contribution in [0.5, 0.6) is 0 Å². The predicted octanol–water partition coefficient (Wildman–Crippen LogP) is 2.63. The summed E-state index contributed by atoms with van der Waals surface area (Å²) >= 11 is 0. The maximum atomic E-state index is 12.6. The molecule has 0 heterocycles. The molecule has 0 bridgehead atoms. The molecule has 0 unspecified atom stereocenters. The number of nitro benzene ring substituents is 1. The number of halogens is 1. The molecule has 12 heavy (non-hydrogen) atoms. The van der Waals surface area contributed by atoms with Crippen molar-refractivity contribution in [3.63, 3.8) is 0 Å². The Hall–Kier alpha value is -1.45. The number of hydrogen-bond donors (Lipinski definition) is 0. The molecule has 1 rings (SSSR count). The van der Waals surface area contributed by atoms with Crippen LogP contribution < -0.4 is 0 Å². The van der Waals surface area contributed by atoms with Gasteiger partial charge in [-0.2, -0.15) is 0 Å². The normalized spacial score (nSPS) is 12.5. The Morgan fingerprint density at radius 3 is 2.25 bits per heavy atom. The average molecular weight is 169 g/mol. The van der Waals surface area contributed by atoms with Gasteiger partial charge in [-0.25, -0.2) is 4.39 Å². The van der Waals surface area contributed by atoms with Crippen molar-refractivity contribution < 1.29 is 9.31 Å². The fourth-order valence-electron chi connectivity index (χ4n) is 0.861. The number of rotatable bonds is 2. The number of benzene rings is 1. The minimum Gasteiger partial charge on any atom is -0.258 e. The second kappa shape index (κ2) is 3.30. The summed E-state index contributed by atoms with van der Waals surface area (Å²) in [6, 6.07) is 5.43. The second-order valence-electron chi connectivity index (χ2n) is 2.46. The van der Waals surface area contributed by atoms with Crippen LogP contribution in [0.15, 0.2) is 24.3 Å². The minimum atomic E-state index is -1.08. The van der Waals surface area contributed by atoms with Crippen LogP contribution in [0.2, 0.25) is 0 Å². The maximum absolute atomic E-state index is 12.6. The van der Waals surface area contributed by atoms with Gasteiger partial charge in [0.2, 0.25) is 0 Å². The molecule has 0 aliphatic heterocycles. The van der Waals surface area contributed by atoms with Crippen LogP contribution in [-0.4, -0.2) is 4.92 Å². The van der Waals surface area contributed by atoms with Gasteiger partial charge in [-0.3, -0.25) is 10.1 Å². The summed E-state index contributed by atoms with van der Waals surface area (Å²) in [6.07, 6.45) is -1.08. The molecule has 0 fully saturated rings. The lowest BCUT2D eigenvalue weighted by Crippen LogP contribution is -1.89. The van der Waals surface area contributed by atoms with E-state index in [1.54, 1.807) is 0 Å². The van der Waals surface area contributed by atoms with Crippen LogP contribution >= 0.6 is 0 Å². The standard InChI is InChI=1S/C8H8FNO2/c1-6(9)7-2-4-8(5-3-7)10(11)12/h2-6H,1H3/t6-/m0/s1. The number of alkyl halides is 1. The van der Waals surface area contributed by atoms with Crippen molar-refractivity contribution in [2.75, 3.05) is 0 Å². The van der Waals surface area contributed by atoms with E-state index >= 15 is 0 Å². The highest BCUT2D eigenvalue weighted by Gasteiger charge is 2.06. The van der Waals surface area contributed by atoms with Crippen LogP contribution in [0.4, 0.5) is 10.1 Å². The van der Waals surface area contributed by atoms with Crippen molar-refractivity contribution in [2.45, 2.75) is 13.1 Å². The minimum absolute atomic E-state index is 0.0144. The molecule has 0 amide bonds. The summed E-state index contributed by atoms with van der Waals surface area (Å²) in [7, 11) is 0. The molecule has 0 spiro atoms. The van der Waals surface area contributed by atoms with Gasteiger partial charge in [-0.1, -0.05) is 0 Å². The molecule has 0 saturated heterocycles. The molecule has 4 heteroatoms. The number of hydrogen-bond acceptors (Lipinski definition) is 2. The highest BCUT2D eigenvalue weighted by atomic mass is 19.1. The first-order chi connectivity index (χ1) is 5.61. The molecule has 1 atom stereocenters. The molecule has 0 aliphatic rings. The Morgan fingerprint density at radius 2 is 1.92 bits per heavy atom. The van der Waals surface area contributed by atoms with Crippen LogP contribution in [0.1, 0.15) is 18.7 Å². The third kappa shape index (κ3) is 1.78. The SMILES string of the molecule is C[C@H](F)c1ccc([N+](=O)[O-])cc1. The number of nitrogens with zero attached hydrogens (tertiary/aromatic N) is 1. The lowest BCUT2D eigenvalue weighted by atomic mass is 10.1. The topological polar surface area (TPSA) is 43.1 Å². The Bertz CT molecular complexity index is 282. The fourth-order valence-corrected chi connectivity index (χ4v) is 0.861. The van der Waals surface area contributed by atoms with Gasteiger partial charge in [0.1, 0.15) is 6.17 Å². The third-order valence-electron chi connectivity index (χ3n) is 1.56. The fraction of sp³-hybridized carbons (Fsp3) is 0.250. The van der Waals surface area contributed by atoms with Gasteiger partial charge in [0.15, 0.2) is 0 Å². The van der Waals surface area contributed by atoms with E-state index in [2.05, 4.69) is 0 Å². The summed E-state index contributed by atoms with van der Waals surface area (Å²) in [5.41, 5.74) is 0.444. The Kier molecular flexibility index (Phi) is 2.38. The highest BCUT2D eigenvalue weighted by Crippen LogP contribution is 2.19. The number of nitro groups is 1.